The summed E-state index contributed by atoms with van der Waals surface area (Å²) >= 11 is 1.30. The molecule has 0 aliphatic heterocycles. The number of ether oxygens (including phenoxy) is 2. The van der Waals surface area contributed by atoms with Gasteiger partial charge in [0.15, 0.2) is 0 Å². The SMILES string of the molecule is CCOC(=O)c1ccc(C(=O)Nc2sc(C)c(C)c2C(=O)OCC)nc1C. The second kappa shape index (κ2) is 8.77. The van der Waals surface area contributed by atoms with Crippen molar-refractivity contribution in [3.8, 4) is 0 Å². The summed E-state index contributed by atoms with van der Waals surface area (Å²) in [6, 6.07) is 2.96. The first kappa shape index (κ1) is 20.6. The van der Waals surface area contributed by atoms with Gasteiger partial charge < -0.3 is 14.8 Å². The lowest BCUT2D eigenvalue weighted by Crippen LogP contribution is -2.17. The van der Waals surface area contributed by atoms with Gasteiger partial charge in [0.1, 0.15) is 10.7 Å². The van der Waals surface area contributed by atoms with Gasteiger partial charge in [-0.15, -0.1) is 11.3 Å². The molecule has 0 radical (unpaired) electrons. The van der Waals surface area contributed by atoms with Crippen molar-refractivity contribution in [2.75, 3.05) is 18.5 Å². The number of nitrogens with zero attached hydrogens (tertiary/aromatic N) is 1. The highest BCUT2D eigenvalue weighted by Gasteiger charge is 2.23. The normalized spacial score (nSPS) is 10.4. The Balaban J connectivity index is 2.28. The summed E-state index contributed by atoms with van der Waals surface area (Å²) in [6.07, 6.45) is 0. The van der Waals surface area contributed by atoms with Gasteiger partial charge in [-0.1, -0.05) is 0 Å². The van der Waals surface area contributed by atoms with Crippen LogP contribution in [0.25, 0.3) is 0 Å². The summed E-state index contributed by atoms with van der Waals surface area (Å²) in [6.45, 7) is 9.26. The van der Waals surface area contributed by atoms with E-state index >= 15 is 0 Å². The van der Waals surface area contributed by atoms with Gasteiger partial charge in [-0.3, -0.25) is 4.79 Å². The predicted octanol–water partition coefficient (Wildman–Crippen LogP) is 3.67. The zero-order valence-corrected chi connectivity index (χ0v) is 16.8. The fourth-order valence-electron chi connectivity index (χ4n) is 2.44. The molecule has 8 heteroatoms. The Morgan fingerprint density at radius 3 is 2.26 bits per heavy atom. The lowest BCUT2D eigenvalue weighted by atomic mass is 10.1. The maximum Gasteiger partial charge on any atom is 0.341 e. The van der Waals surface area contributed by atoms with Crippen molar-refractivity contribution in [2.24, 2.45) is 0 Å². The third-order valence-electron chi connectivity index (χ3n) is 3.91. The number of pyridine rings is 1. The Bertz CT molecular complexity index is 888. The molecule has 1 N–H and O–H groups in total. The van der Waals surface area contributed by atoms with Gasteiger partial charge in [0.05, 0.1) is 30.0 Å². The van der Waals surface area contributed by atoms with E-state index in [0.717, 1.165) is 10.4 Å². The Morgan fingerprint density at radius 2 is 1.67 bits per heavy atom. The summed E-state index contributed by atoms with van der Waals surface area (Å²) in [5.74, 6) is -1.43. The van der Waals surface area contributed by atoms with Crippen LogP contribution >= 0.6 is 11.3 Å². The quantitative estimate of drug-likeness (QED) is 0.756. The molecule has 0 unspecified atom stereocenters. The molecule has 0 fully saturated rings. The van der Waals surface area contributed by atoms with Gasteiger partial charge in [-0.2, -0.15) is 0 Å². The van der Waals surface area contributed by atoms with Crippen LogP contribution in [0.15, 0.2) is 12.1 Å². The molecule has 0 aliphatic carbocycles. The van der Waals surface area contributed by atoms with Crippen LogP contribution in [0.3, 0.4) is 0 Å². The van der Waals surface area contributed by atoms with Crippen molar-refractivity contribution in [2.45, 2.75) is 34.6 Å². The van der Waals surface area contributed by atoms with Crippen LogP contribution in [0.1, 0.15) is 61.2 Å². The number of anilines is 1. The molecule has 2 heterocycles. The first-order chi connectivity index (χ1) is 12.8. The molecule has 0 aliphatic rings. The van der Waals surface area contributed by atoms with E-state index < -0.39 is 17.8 Å². The number of hydrogen-bond donors (Lipinski definition) is 1. The lowest BCUT2D eigenvalue weighted by Gasteiger charge is -2.09. The van der Waals surface area contributed by atoms with Crippen LogP contribution in [-0.4, -0.2) is 36.0 Å². The smallest absolute Gasteiger partial charge is 0.341 e. The van der Waals surface area contributed by atoms with Crippen molar-refractivity contribution in [3.63, 3.8) is 0 Å². The molecule has 1 amide bonds. The van der Waals surface area contributed by atoms with E-state index in [4.69, 9.17) is 9.47 Å². The van der Waals surface area contributed by atoms with E-state index in [1.54, 1.807) is 20.8 Å². The Kier molecular flexibility index (Phi) is 6.68. The van der Waals surface area contributed by atoms with E-state index in [1.165, 1.54) is 23.5 Å². The first-order valence-electron chi connectivity index (χ1n) is 8.53. The molecule has 7 nitrogen and oxygen atoms in total. The van der Waals surface area contributed by atoms with Gasteiger partial charge in [0.25, 0.3) is 5.91 Å². The lowest BCUT2D eigenvalue weighted by molar-refractivity contribution is 0.0516. The molecule has 0 spiro atoms. The van der Waals surface area contributed by atoms with E-state index in [1.807, 2.05) is 13.8 Å². The van der Waals surface area contributed by atoms with Gasteiger partial charge >= 0.3 is 11.9 Å². The minimum Gasteiger partial charge on any atom is -0.462 e. The number of amides is 1. The Morgan fingerprint density at radius 1 is 1.04 bits per heavy atom. The largest absolute Gasteiger partial charge is 0.462 e. The van der Waals surface area contributed by atoms with Gasteiger partial charge in [0, 0.05) is 4.88 Å². The molecular weight excluding hydrogens is 368 g/mol. The number of aromatic nitrogens is 1. The van der Waals surface area contributed by atoms with Crippen LogP contribution in [0, 0.1) is 20.8 Å². The van der Waals surface area contributed by atoms with Gasteiger partial charge in [0.2, 0.25) is 0 Å². The average molecular weight is 390 g/mol. The zero-order valence-electron chi connectivity index (χ0n) is 16.0. The van der Waals surface area contributed by atoms with Crippen LogP contribution in [-0.2, 0) is 9.47 Å². The predicted molar refractivity (Wildman–Crippen MR) is 103 cm³/mol. The molecule has 2 aromatic rings. The second-order valence-corrected chi connectivity index (χ2v) is 6.94. The minimum atomic E-state index is -0.483. The topological polar surface area (TPSA) is 94.6 Å². The number of aryl methyl sites for hydroxylation is 2. The van der Waals surface area contributed by atoms with Crippen LogP contribution in [0.5, 0.6) is 0 Å². The maximum atomic E-state index is 12.6. The number of carbonyl (C=O) groups is 3. The first-order valence-corrected chi connectivity index (χ1v) is 9.34. The summed E-state index contributed by atoms with van der Waals surface area (Å²) in [7, 11) is 0. The van der Waals surface area contributed by atoms with E-state index in [9.17, 15) is 14.4 Å². The monoisotopic (exact) mass is 390 g/mol. The van der Waals surface area contributed by atoms with Crippen molar-refractivity contribution >= 4 is 34.2 Å². The Hall–Kier alpha value is -2.74. The summed E-state index contributed by atoms with van der Waals surface area (Å²) in [4.78, 5) is 41.8. The second-order valence-electron chi connectivity index (χ2n) is 5.71. The third-order valence-corrected chi connectivity index (χ3v) is 5.03. The van der Waals surface area contributed by atoms with E-state index in [0.29, 0.717) is 21.8 Å². The van der Waals surface area contributed by atoms with E-state index in [2.05, 4.69) is 10.3 Å². The van der Waals surface area contributed by atoms with Gasteiger partial charge in [-0.25, -0.2) is 14.6 Å². The summed E-state index contributed by atoms with van der Waals surface area (Å²) in [5, 5.41) is 3.15. The number of carbonyl (C=O) groups excluding carboxylic acids is 3. The van der Waals surface area contributed by atoms with Gasteiger partial charge in [-0.05, 0) is 52.3 Å². The minimum absolute atomic E-state index is 0.138. The fourth-order valence-corrected chi connectivity index (χ4v) is 3.49. The number of esters is 2. The van der Waals surface area contributed by atoms with Crippen LogP contribution in [0.2, 0.25) is 0 Å². The highest BCUT2D eigenvalue weighted by atomic mass is 32.1. The van der Waals surface area contributed by atoms with Crippen molar-refractivity contribution in [1.82, 2.24) is 4.98 Å². The standard InChI is InChI=1S/C19H22N2O5S/c1-6-25-18(23)13-8-9-14(20-11(13)4)16(22)21-17-15(19(24)26-7-2)10(3)12(5)27-17/h8-9H,6-7H2,1-5H3,(H,21,22). The highest BCUT2D eigenvalue weighted by molar-refractivity contribution is 7.16. The van der Waals surface area contributed by atoms with Crippen molar-refractivity contribution in [1.29, 1.82) is 0 Å². The molecule has 0 saturated heterocycles. The molecule has 2 aromatic heterocycles. The fraction of sp³-hybridized carbons (Fsp3) is 0.368. The third kappa shape index (κ3) is 4.51. The number of thiophene rings is 1. The number of nitrogens with one attached hydrogen (secondary N) is 1. The van der Waals surface area contributed by atoms with Crippen molar-refractivity contribution in [3.05, 3.63) is 45.1 Å². The van der Waals surface area contributed by atoms with Crippen LogP contribution in [0.4, 0.5) is 5.00 Å². The summed E-state index contributed by atoms with van der Waals surface area (Å²) < 4.78 is 10.0. The van der Waals surface area contributed by atoms with E-state index in [-0.39, 0.29) is 18.9 Å². The molecule has 0 aromatic carbocycles. The maximum absolute atomic E-state index is 12.6. The van der Waals surface area contributed by atoms with Crippen molar-refractivity contribution < 1.29 is 23.9 Å². The molecule has 0 atom stereocenters. The highest BCUT2D eigenvalue weighted by Crippen LogP contribution is 2.33. The Labute approximate surface area is 161 Å². The molecule has 144 valence electrons. The zero-order chi connectivity index (χ0) is 20.1. The molecule has 27 heavy (non-hydrogen) atoms. The molecule has 0 bridgehead atoms. The van der Waals surface area contributed by atoms with Crippen LogP contribution < -0.4 is 5.32 Å². The average Bonchev–Trinajstić information content (AvgIpc) is 2.88. The molecule has 2 rings (SSSR count). The molecular formula is C19H22N2O5S. The number of rotatable bonds is 6. The summed E-state index contributed by atoms with van der Waals surface area (Å²) in [5.41, 5.74) is 1.97. The molecule has 0 saturated carbocycles. The number of hydrogen-bond acceptors (Lipinski definition) is 7.